The Morgan fingerprint density at radius 2 is 2.05 bits per heavy atom. The van der Waals surface area contributed by atoms with Crippen LogP contribution in [0.3, 0.4) is 0 Å². The molecule has 0 saturated carbocycles. The number of benzene rings is 1. The molecular weight excluding hydrogens is 341 g/mol. The lowest BCUT2D eigenvalue weighted by Gasteiger charge is -2.10. The summed E-state index contributed by atoms with van der Waals surface area (Å²) in [5.74, 6) is 0. The molecule has 0 saturated heterocycles. The largest absolute Gasteiger partial charge is 0.328 e. The fourth-order valence-electron chi connectivity index (χ4n) is 1.54. The van der Waals surface area contributed by atoms with E-state index < -0.39 is 25.7 Å². The first kappa shape index (κ1) is 20.1. The maximum absolute atomic E-state index is 12.1. The van der Waals surface area contributed by atoms with Crippen LogP contribution in [0.4, 0.5) is 5.69 Å². The first-order chi connectivity index (χ1) is 9.15. The number of rotatable bonds is 6. The van der Waals surface area contributed by atoms with Crippen LogP contribution in [0.1, 0.15) is 18.9 Å². The van der Waals surface area contributed by atoms with E-state index in [-0.39, 0.29) is 29.9 Å². The Hall–Kier alpha value is -0.930. The number of nitro groups is 1. The van der Waals surface area contributed by atoms with E-state index in [1.807, 2.05) is 0 Å². The van der Waals surface area contributed by atoms with Gasteiger partial charge in [0.1, 0.15) is 9.92 Å². The Morgan fingerprint density at radius 1 is 1.48 bits per heavy atom. The summed E-state index contributed by atoms with van der Waals surface area (Å²) in [4.78, 5) is 9.84. The number of nitrogens with one attached hydrogen (secondary N) is 1. The fourth-order valence-corrected chi connectivity index (χ4v) is 3.25. The molecule has 7 nitrogen and oxygen atoms in total. The van der Waals surface area contributed by atoms with Crippen molar-refractivity contribution < 1.29 is 13.3 Å². The van der Waals surface area contributed by atoms with Gasteiger partial charge in [-0.3, -0.25) is 10.1 Å². The van der Waals surface area contributed by atoms with Crippen LogP contribution in [0.15, 0.2) is 17.0 Å². The summed E-state index contributed by atoms with van der Waals surface area (Å²) >= 11 is 5.82. The highest BCUT2D eigenvalue weighted by molar-refractivity contribution is 7.89. The van der Waals surface area contributed by atoms with Gasteiger partial charge < -0.3 is 5.73 Å². The van der Waals surface area contributed by atoms with Crippen molar-refractivity contribution in [3.63, 3.8) is 0 Å². The zero-order chi connectivity index (χ0) is 15.5. The molecule has 0 spiro atoms. The number of nitrogens with two attached hydrogens (primary N) is 1. The number of halogens is 2. The highest BCUT2D eigenvalue weighted by atomic mass is 35.5. The van der Waals surface area contributed by atoms with Crippen molar-refractivity contribution in [2.75, 3.05) is 6.54 Å². The lowest BCUT2D eigenvalue weighted by Crippen LogP contribution is -2.29. The zero-order valence-electron chi connectivity index (χ0n) is 11.5. The Labute approximate surface area is 134 Å². The van der Waals surface area contributed by atoms with Crippen LogP contribution >= 0.6 is 24.0 Å². The first-order valence-electron chi connectivity index (χ1n) is 5.85. The summed E-state index contributed by atoms with van der Waals surface area (Å²) in [5, 5.41) is 10.5. The number of nitrogens with zero attached hydrogens (tertiary/aromatic N) is 1. The number of aryl methyl sites for hydroxylation is 1. The third-order valence-electron chi connectivity index (χ3n) is 2.54. The summed E-state index contributed by atoms with van der Waals surface area (Å²) in [7, 11) is -3.91. The van der Waals surface area contributed by atoms with E-state index in [0.29, 0.717) is 12.0 Å². The summed E-state index contributed by atoms with van der Waals surface area (Å²) in [6.45, 7) is 3.45. The van der Waals surface area contributed by atoms with Crippen LogP contribution in [-0.2, 0) is 10.0 Å². The number of hydrogen-bond donors (Lipinski definition) is 2. The van der Waals surface area contributed by atoms with Gasteiger partial charge in [0.05, 0.1) is 4.92 Å². The predicted molar refractivity (Wildman–Crippen MR) is 83.5 cm³/mol. The van der Waals surface area contributed by atoms with Gasteiger partial charge in [0.2, 0.25) is 10.0 Å². The van der Waals surface area contributed by atoms with Crippen molar-refractivity contribution in [1.82, 2.24) is 4.72 Å². The van der Waals surface area contributed by atoms with Crippen molar-refractivity contribution in [2.24, 2.45) is 5.73 Å². The van der Waals surface area contributed by atoms with Gasteiger partial charge in [0, 0.05) is 18.7 Å². The SMILES string of the molecule is Cc1cc([N+](=O)[O-])c(Cl)c(S(=O)(=O)NCCC(C)N)c1.Cl. The molecule has 1 unspecified atom stereocenters. The zero-order valence-corrected chi connectivity index (χ0v) is 13.9. The number of hydrogen-bond acceptors (Lipinski definition) is 5. The van der Waals surface area contributed by atoms with E-state index in [2.05, 4.69) is 4.72 Å². The normalized spacial score (nSPS) is 12.6. The summed E-state index contributed by atoms with van der Waals surface area (Å²) in [6, 6.07) is 2.37. The molecule has 120 valence electrons. The molecule has 3 N–H and O–H groups in total. The molecule has 1 aromatic carbocycles. The van der Waals surface area contributed by atoms with Crippen LogP contribution in [-0.4, -0.2) is 25.9 Å². The molecule has 10 heteroatoms. The third kappa shape index (κ3) is 5.40. The van der Waals surface area contributed by atoms with E-state index in [1.54, 1.807) is 13.8 Å². The van der Waals surface area contributed by atoms with Crippen molar-refractivity contribution in [1.29, 1.82) is 0 Å². The first-order valence-corrected chi connectivity index (χ1v) is 7.71. The van der Waals surface area contributed by atoms with E-state index in [1.165, 1.54) is 12.1 Å². The maximum Gasteiger partial charge on any atom is 0.289 e. The van der Waals surface area contributed by atoms with Crippen LogP contribution in [0, 0.1) is 17.0 Å². The minimum atomic E-state index is -3.91. The summed E-state index contributed by atoms with van der Waals surface area (Å²) in [6.07, 6.45) is 0.449. The van der Waals surface area contributed by atoms with Gasteiger partial charge in [-0.05, 0) is 31.9 Å². The van der Waals surface area contributed by atoms with Crippen molar-refractivity contribution >= 4 is 39.7 Å². The predicted octanol–water partition coefficient (Wildman–Crippen LogP) is 1.99. The van der Waals surface area contributed by atoms with E-state index in [9.17, 15) is 18.5 Å². The van der Waals surface area contributed by atoms with E-state index >= 15 is 0 Å². The van der Waals surface area contributed by atoms with Gasteiger partial charge in [-0.2, -0.15) is 0 Å². The number of nitro benzene ring substituents is 1. The summed E-state index contributed by atoms with van der Waals surface area (Å²) in [5.41, 5.74) is 5.54. The standard InChI is InChI=1S/C11H16ClN3O4S.ClH/c1-7-5-9(15(16)17)11(12)10(6-7)20(18,19)14-4-3-8(2)13;/h5-6,8,14H,3-4,13H2,1-2H3;1H. The third-order valence-corrected chi connectivity index (χ3v) is 4.54. The molecule has 1 rings (SSSR count). The molecule has 1 aromatic rings. The van der Waals surface area contributed by atoms with E-state index in [4.69, 9.17) is 17.3 Å². The molecule has 0 fully saturated rings. The molecule has 0 aliphatic rings. The van der Waals surface area contributed by atoms with Gasteiger partial charge in [-0.15, -0.1) is 12.4 Å². The molecule has 0 aliphatic carbocycles. The van der Waals surface area contributed by atoms with Crippen molar-refractivity contribution in [3.8, 4) is 0 Å². The highest BCUT2D eigenvalue weighted by Gasteiger charge is 2.25. The quantitative estimate of drug-likeness (QED) is 0.596. The van der Waals surface area contributed by atoms with Crippen LogP contribution in [0.5, 0.6) is 0 Å². The molecule has 0 aromatic heterocycles. The number of sulfonamides is 1. The van der Waals surface area contributed by atoms with Crippen LogP contribution < -0.4 is 10.5 Å². The van der Waals surface area contributed by atoms with Crippen LogP contribution in [0.25, 0.3) is 0 Å². The lowest BCUT2D eigenvalue weighted by atomic mass is 10.2. The molecule has 0 bridgehead atoms. The lowest BCUT2D eigenvalue weighted by molar-refractivity contribution is -0.385. The Bertz CT molecular complexity index is 620. The smallest absolute Gasteiger partial charge is 0.289 e. The maximum atomic E-state index is 12.1. The molecule has 0 aliphatic heterocycles. The van der Waals surface area contributed by atoms with Gasteiger partial charge >= 0.3 is 0 Å². The fraction of sp³-hybridized carbons (Fsp3) is 0.455. The van der Waals surface area contributed by atoms with Crippen molar-refractivity contribution in [3.05, 3.63) is 32.8 Å². The second kappa shape index (κ2) is 7.90. The monoisotopic (exact) mass is 357 g/mol. The van der Waals surface area contributed by atoms with Gasteiger partial charge in [-0.25, -0.2) is 13.1 Å². The second-order valence-corrected chi connectivity index (χ2v) is 6.63. The average molecular weight is 358 g/mol. The Balaban J connectivity index is 0.00000400. The topological polar surface area (TPSA) is 115 Å². The molecule has 0 heterocycles. The molecule has 21 heavy (non-hydrogen) atoms. The van der Waals surface area contributed by atoms with Crippen LogP contribution in [0.2, 0.25) is 5.02 Å². The van der Waals surface area contributed by atoms with E-state index in [0.717, 1.165) is 0 Å². The van der Waals surface area contributed by atoms with Gasteiger partial charge in [0.15, 0.2) is 0 Å². The Kier molecular flexibility index (Phi) is 7.55. The Morgan fingerprint density at radius 3 is 2.52 bits per heavy atom. The minimum absolute atomic E-state index is 0. The van der Waals surface area contributed by atoms with Crippen molar-refractivity contribution in [2.45, 2.75) is 31.2 Å². The molecular formula is C11H17Cl2N3O4S. The molecule has 0 amide bonds. The minimum Gasteiger partial charge on any atom is -0.328 e. The molecule has 1 atom stereocenters. The van der Waals surface area contributed by atoms with Gasteiger partial charge in [-0.1, -0.05) is 11.6 Å². The second-order valence-electron chi connectivity index (χ2n) is 4.52. The molecule has 0 radical (unpaired) electrons. The average Bonchev–Trinajstić information content (AvgIpc) is 2.30. The summed E-state index contributed by atoms with van der Waals surface area (Å²) < 4.78 is 26.5. The van der Waals surface area contributed by atoms with Gasteiger partial charge in [0.25, 0.3) is 5.69 Å². The highest BCUT2D eigenvalue weighted by Crippen LogP contribution is 2.32.